The number of ether oxygens (including phenoxy) is 1. The van der Waals surface area contributed by atoms with Crippen LogP contribution >= 0.6 is 22.9 Å². The van der Waals surface area contributed by atoms with Crippen LogP contribution in [0.5, 0.6) is 0 Å². The average Bonchev–Trinajstić information content (AvgIpc) is 3.22. The van der Waals surface area contributed by atoms with Gasteiger partial charge in [0.25, 0.3) is 5.91 Å². The number of amides is 4. The van der Waals surface area contributed by atoms with Crippen LogP contribution in [0.1, 0.15) is 24.6 Å². The fraction of sp³-hybridized carbons (Fsp3) is 0.316. The second kappa shape index (κ2) is 9.68. The summed E-state index contributed by atoms with van der Waals surface area (Å²) in [5.74, 6) is -1.39. The molecule has 1 aromatic heterocycles. The highest BCUT2D eigenvalue weighted by atomic mass is 35.5. The highest BCUT2D eigenvalue weighted by Gasteiger charge is 2.39. The number of aromatic nitrogens is 1. The van der Waals surface area contributed by atoms with Crippen molar-refractivity contribution in [3.63, 3.8) is 0 Å². The van der Waals surface area contributed by atoms with Gasteiger partial charge in [0.05, 0.1) is 31.7 Å². The Labute approximate surface area is 181 Å². The Morgan fingerprint density at radius 1 is 1.33 bits per heavy atom. The van der Waals surface area contributed by atoms with E-state index in [2.05, 4.69) is 15.6 Å². The van der Waals surface area contributed by atoms with Crippen LogP contribution in [0.25, 0.3) is 0 Å². The minimum Gasteiger partial charge on any atom is -0.466 e. The maximum atomic E-state index is 12.6. The number of carbonyl (C=O) groups excluding carboxylic acids is 4. The number of nitrogens with zero attached hydrogens (tertiary/aromatic N) is 2. The third-order valence-electron chi connectivity index (χ3n) is 4.21. The van der Waals surface area contributed by atoms with Gasteiger partial charge in [-0.3, -0.25) is 19.3 Å². The first kappa shape index (κ1) is 21.7. The molecule has 0 unspecified atom stereocenters. The number of imide groups is 1. The van der Waals surface area contributed by atoms with E-state index >= 15 is 0 Å². The van der Waals surface area contributed by atoms with Crippen LogP contribution < -0.4 is 10.6 Å². The Balaban J connectivity index is 1.55. The van der Waals surface area contributed by atoms with Crippen molar-refractivity contribution in [2.45, 2.75) is 32.4 Å². The third kappa shape index (κ3) is 5.33. The van der Waals surface area contributed by atoms with Gasteiger partial charge in [0, 0.05) is 10.4 Å². The fourth-order valence-corrected chi connectivity index (χ4v) is 3.75. The van der Waals surface area contributed by atoms with Gasteiger partial charge in [0.15, 0.2) is 5.13 Å². The van der Waals surface area contributed by atoms with Crippen molar-refractivity contribution in [2.75, 3.05) is 11.9 Å². The van der Waals surface area contributed by atoms with E-state index in [4.69, 9.17) is 16.3 Å². The molecule has 2 heterocycles. The van der Waals surface area contributed by atoms with Crippen molar-refractivity contribution >= 4 is 51.9 Å². The molecule has 1 aromatic carbocycles. The van der Waals surface area contributed by atoms with Gasteiger partial charge in [0.1, 0.15) is 6.04 Å². The molecule has 1 atom stereocenters. The number of benzene rings is 1. The number of hydrogen-bond donors (Lipinski definition) is 2. The smallest absolute Gasteiger partial charge is 0.325 e. The molecule has 30 heavy (non-hydrogen) atoms. The maximum Gasteiger partial charge on any atom is 0.325 e. The van der Waals surface area contributed by atoms with E-state index in [0.717, 1.165) is 16.2 Å². The lowest BCUT2D eigenvalue weighted by Gasteiger charge is -2.14. The summed E-state index contributed by atoms with van der Waals surface area (Å²) in [4.78, 5) is 53.7. The van der Waals surface area contributed by atoms with E-state index in [0.29, 0.717) is 21.4 Å². The Hall–Kier alpha value is -2.98. The Bertz CT molecular complexity index is 979. The molecule has 1 fully saturated rings. The molecular weight excluding hydrogens is 432 g/mol. The largest absolute Gasteiger partial charge is 0.466 e. The number of nitrogens with one attached hydrogen (secondary N) is 2. The van der Waals surface area contributed by atoms with Crippen molar-refractivity contribution in [1.82, 2.24) is 15.2 Å². The number of esters is 1. The quantitative estimate of drug-likeness (QED) is 0.471. The minimum absolute atomic E-state index is 0.00832. The highest BCUT2D eigenvalue weighted by Crippen LogP contribution is 2.21. The number of anilines is 1. The first-order chi connectivity index (χ1) is 14.4. The van der Waals surface area contributed by atoms with Gasteiger partial charge < -0.3 is 15.4 Å². The Morgan fingerprint density at radius 2 is 2.10 bits per heavy atom. The molecule has 0 aliphatic carbocycles. The summed E-state index contributed by atoms with van der Waals surface area (Å²) in [7, 11) is 0. The standard InChI is InChI=1S/C19H19ClN4O5S/c1-2-29-16(26)7-12-10-30-18(21-12)23-15(25)8-14-17(27)24(19(28)22-14)9-11-5-3-4-6-13(11)20/h3-6,10,14H,2,7-9H2,1H3,(H,22,28)(H,21,23,25)/t14-/m0/s1. The molecule has 1 aliphatic heterocycles. The van der Waals surface area contributed by atoms with Crippen LogP contribution in [0.2, 0.25) is 5.02 Å². The number of thiazole rings is 1. The van der Waals surface area contributed by atoms with Gasteiger partial charge in [-0.1, -0.05) is 29.8 Å². The van der Waals surface area contributed by atoms with Gasteiger partial charge in [-0.25, -0.2) is 9.78 Å². The van der Waals surface area contributed by atoms with Crippen molar-refractivity contribution in [3.05, 3.63) is 45.9 Å². The molecule has 9 nitrogen and oxygen atoms in total. The van der Waals surface area contributed by atoms with E-state index in [1.54, 1.807) is 36.6 Å². The number of carbonyl (C=O) groups is 4. The zero-order chi connectivity index (χ0) is 21.7. The number of urea groups is 1. The molecule has 3 rings (SSSR count). The molecule has 11 heteroatoms. The fourth-order valence-electron chi connectivity index (χ4n) is 2.82. The second-order valence-electron chi connectivity index (χ2n) is 6.40. The first-order valence-corrected chi connectivity index (χ1v) is 10.4. The summed E-state index contributed by atoms with van der Waals surface area (Å²) in [6.45, 7) is 2.01. The van der Waals surface area contributed by atoms with E-state index in [9.17, 15) is 19.2 Å². The molecule has 2 N–H and O–H groups in total. The van der Waals surface area contributed by atoms with E-state index in [1.807, 2.05) is 0 Å². The number of rotatable bonds is 8. The van der Waals surface area contributed by atoms with Crippen molar-refractivity contribution in [2.24, 2.45) is 0 Å². The van der Waals surface area contributed by atoms with Gasteiger partial charge in [-0.2, -0.15) is 0 Å². The van der Waals surface area contributed by atoms with E-state index in [1.165, 1.54) is 0 Å². The van der Waals surface area contributed by atoms with Crippen LogP contribution in [0.15, 0.2) is 29.6 Å². The van der Waals surface area contributed by atoms with Gasteiger partial charge in [0.2, 0.25) is 5.91 Å². The number of hydrogen-bond acceptors (Lipinski definition) is 7. The summed E-state index contributed by atoms with van der Waals surface area (Å²) in [5, 5.41) is 7.47. The Kier molecular flexibility index (Phi) is 7.01. The first-order valence-electron chi connectivity index (χ1n) is 9.12. The lowest BCUT2D eigenvalue weighted by Crippen LogP contribution is -2.34. The predicted octanol–water partition coefficient (Wildman–Crippen LogP) is 2.35. The van der Waals surface area contributed by atoms with Crippen LogP contribution in [0, 0.1) is 0 Å². The lowest BCUT2D eigenvalue weighted by atomic mass is 10.1. The molecule has 4 amide bonds. The maximum absolute atomic E-state index is 12.6. The van der Waals surface area contributed by atoms with Crippen molar-refractivity contribution in [1.29, 1.82) is 0 Å². The normalized spacial score (nSPS) is 15.8. The SMILES string of the molecule is CCOC(=O)Cc1csc(NC(=O)C[C@@H]2NC(=O)N(Cc3ccccc3Cl)C2=O)n1. The predicted molar refractivity (Wildman–Crippen MR) is 110 cm³/mol. The summed E-state index contributed by atoms with van der Waals surface area (Å²) in [5.41, 5.74) is 1.11. The molecule has 0 radical (unpaired) electrons. The molecule has 0 saturated carbocycles. The number of halogens is 1. The zero-order valence-corrected chi connectivity index (χ0v) is 17.6. The highest BCUT2D eigenvalue weighted by molar-refractivity contribution is 7.13. The minimum atomic E-state index is -0.973. The van der Waals surface area contributed by atoms with Gasteiger partial charge >= 0.3 is 12.0 Å². The molecular formula is C19H19ClN4O5S. The van der Waals surface area contributed by atoms with Crippen LogP contribution in [-0.4, -0.2) is 46.3 Å². The van der Waals surface area contributed by atoms with Gasteiger partial charge in [-0.15, -0.1) is 11.3 Å². The molecule has 1 aliphatic rings. The van der Waals surface area contributed by atoms with Crippen LogP contribution in [0.4, 0.5) is 9.93 Å². The third-order valence-corrected chi connectivity index (χ3v) is 5.39. The molecule has 0 bridgehead atoms. The summed E-state index contributed by atoms with van der Waals surface area (Å²) >= 11 is 7.24. The lowest BCUT2D eigenvalue weighted by molar-refractivity contribution is -0.142. The summed E-state index contributed by atoms with van der Waals surface area (Å²) < 4.78 is 4.85. The zero-order valence-electron chi connectivity index (χ0n) is 16.0. The summed E-state index contributed by atoms with van der Waals surface area (Å²) in [6, 6.07) is 5.35. The summed E-state index contributed by atoms with van der Waals surface area (Å²) in [6.07, 6.45) is -0.231. The van der Waals surface area contributed by atoms with E-state index < -0.39 is 29.9 Å². The average molecular weight is 451 g/mol. The van der Waals surface area contributed by atoms with Crippen LogP contribution in [-0.2, 0) is 32.1 Å². The Morgan fingerprint density at radius 3 is 2.83 bits per heavy atom. The van der Waals surface area contributed by atoms with Gasteiger partial charge in [-0.05, 0) is 18.6 Å². The monoisotopic (exact) mass is 450 g/mol. The molecule has 0 spiro atoms. The van der Waals surface area contributed by atoms with Crippen LogP contribution in [0.3, 0.4) is 0 Å². The molecule has 1 saturated heterocycles. The second-order valence-corrected chi connectivity index (χ2v) is 7.66. The molecule has 158 valence electrons. The molecule has 2 aromatic rings. The van der Waals surface area contributed by atoms with E-state index in [-0.39, 0.29) is 26.0 Å². The van der Waals surface area contributed by atoms with Crippen molar-refractivity contribution < 1.29 is 23.9 Å². The van der Waals surface area contributed by atoms with Crippen molar-refractivity contribution in [3.8, 4) is 0 Å². The topological polar surface area (TPSA) is 118 Å².